The van der Waals surface area contributed by atoms with Gasteiger partial charge in [0, 0.05) is 12.6 Å². The van der Waals surface area contributed by atoms with Gasteiger partial charge in [-0.3, -0.25) is 9.59 Å². The molecule has 0 radical (unpaired) electrons. The molecule has 0 spiro atoms. The van der Waals surface area contributed by atoms with Crippen LogP contribution in [0.4, 0.5) is 0 Å². The van der Waals surface area contributed by atoms with Crippen molar-refractivity contribution < 1.29 is 14.7 Å². The molecule has 5 nitrogen and oxygen atoms in total. The first kappa shape index (κ1) is 12.7. The maximum absolute atomic E-state index is 12.0. The van der Waals surface area contributed by atoms with Crippen LogP contribution in [0.1, 0.15) is 19.8 Å². The van der Waals surface area contributed by atoms with E-state index in [4.69, 9.17) is 5.11 Å². The molecule has 0 aromatic rings. The van der Waals surface area contributed by atoms with Crippen LogP contribution >= 0.6 is 0 Å². The molecule has 90 valence electrons. The number of rotatable bonds is 4. The minimum atomic E-state index is -0.959. The van der Waals surface area contributed by atoms with Crippen molar-refractivity contribution >= 4 is 11.9 Å². The molecule has 1 amide bonds. The molecule has 2 unspecified atom stereocenters. The zero-order valence-corrected chi connectivity index (χ0v) is 9.48. The van der Waals surface area contributed by atoms with E-state index in [1.54, 1.807) is 11.0 Å². The molecule has 0 saturated carbocycles. The van der Waals surface area contributed by atoms with E-state index in [0.29, 0.717) is 13.1 Å². The summed E-state index contributed by atoms with van der Waals surface area (Å²) in [4.78, 5) is 24.4. The Balaban J connectivity index is 2.76. The first-order valence-electron chi connectivity index (χ1n) is 5.42. The fraction of sp³-hybridized carbons (Fsp3) is 0.636. The summed E-state index contributed by atoms with van der Waals surface area (Å²) in [6.07, 6.45) is 2.33. The monoisotopic (exact) mass is 226 g/mol. The average Bonchev–Trinajstić information content (AvgIpc) is 2.32. The minimum absolute atomic E-state index is 0.122. The molecule has 0 bridgehead atoms. The SMILES string of the molecule is C=CCN1C(=O)C(CC(=O)O)NCCC1C. The van der Waals surface area contributed by atoms with Gasteiger partial charge in [0.25, 0.3) is 0 Å². The molecule has 1 aliphatic heterocycles. The molecule has 1 fully saturated rings. The van der Waals surface area contributed by atoms with Crippen LogP contribution in [-0.4, -0.2) is 47.1 Å². The van der Waals surface area contributed by atoms with E-state index in [1.807, 2.05) is 6.92 Å². The second-order valence-electron chi connectivity index (χ2n) is 4.02. The van der Waals surface area contributed by atoms with Gasteiger partial charge in [-0.15, -0.1) is 6.58 Å². The number of carbonyl (C=O) groups is 2. The standard InChI is InChI=1S/C11H18N2O3/c1-3-6-13-8(2)4-5-12-9(11(13)16)7-10(14)15/h3,8-9,12H,1,4-7H2,2H3,(H,14,15). The first-order chi connectivity index (χ1) is 7.56. The van der Waals surface area contributed by atoms with Gasteiger partial charge in [0.2, 0.25) is 5.91 Å². The van der Waals surface area contributed by atoms with Crippen LogP contribution in [0.3, 0.4) is 0 Å². The average molecular weight is 226 g/mol. The van der Waals surface area contributed by atoms with E-state index in [1.165, 1.54) is 0 Å². The molecular weight excluding hydrogens is 208 g/mol. The summed E-state index contributed by atoms with van der Waals surface area (Å²) in [7, 11) is 0. The van der Waals surface area contributed by atoms with Gasteiger partial charge < -0.3 is 15.3 Å². The zero-order valence-electron chi connectivity index (χ0n) is 9.48. The Labute approximate surface area is 95.1 Å². The molecule has 0 aliphatic carbocycles. The van der Waals surface area contributed by atoms with Gasteiger partial charge in [-0.2, -0.15) is 0 Å². The highest BCUT2D eigenvalue weighted by atomic mass is 16.4. The lowest BCUT2D eigenvalue weighted by molar-refractivity contribution is -0.142. The van der Waals surface area contributed by atoms with E-state index in [-0.39, 0.29) is 18.4 Å². The third-order valence-corrected chi connectivity index (χ3v) is 2.77. The third-order valence-electron chi connectivity index (χ3n) is 2.77. The lowest BCUT2D eigenvalue weighted by Crippen LogP contribution is -2.46. The Morgan fingerprint density at radius 1 is 1.75 bits per heavy atom. The molecule has 1 aliphatic rings. The van der Waals surface area contributed by atoms with Crippen molar-refractivity contribution in [2.24, 2.45) is 0 Å². The lowest BCUT2D eigenvalue weighted by atomic mass is 10.1. The van der Waals surface area contributed by atoms with Gasteiger partial charge in [-0.25, -0.2) is 0 Å². The third kappa shape index (κ3) is 3.06. The van der Waals surface area contributed by atoms with Crippen LogP contribution < -0.4 is 5.32 Å². The normalized spacial score (nSPS) is 26.3. The number of amides is 1. The van der Waals surface area contributed by atoms with Crippen molar-refractivity contribution in [3.05, 3.63) is 12.7 Å². The highest BCUT2D eigenvalue weighted by molar-refractivity contribution is 5.86. The maximum atomic E-state index is 12.0. The smallest absolute Gasteiger partial charge is 0.305 e. The van der Waals surface area contributed by atoms with Gasteiger partial charge >= 0.3 is 5.97 Å². The predicted octanol–water partition coefficient (Wildman–Crippen LogP) is 0.226. The van der Waals surface area contributed by atoms with Crippen LogP contribution in [0, 0.1) is 0 Å². The molecule has 5 heteroatoms. The topological polar surface area (TPSA) is 69.6 Å². The van der Waals surface area contributed by atoms with Crippen molar-refractivity contribution in [3.8, 4) is 0 Å². The van der Waals surface area contributed by atoms with E-state index in [9.17, 15) is 9.59 Å². The number of aliphatic carboxylic acids is 1. The van der Waals surface area contributed by atoms with E-state index >= 15 is 0 Å². The number of nitrogens with zero attached hydrogens (tertiary/aromatic N) is 1. The van der Waals surface area contributed by atoms with E-state index in [2.05, 4.69) is 11.9 Å². The lowest BCUT2D eigenvalue weighted by Gasteiger charge is -2.27. The van der Waals surface area contributed by atoms with E-state index < -0.39 is 12.0 Å². The van der Waals surface area contributed by atoms with Crippen LogP contribution in [0.25, 0.3) is 0 Å². The predicted molar refractivity (Wildman–Crippen MR) is 60.0 cm³/mol. The fourth-order valence-electron chi connectivity index (χ4n) is 1.87. The number of carbonyl (C=O) groups excluding carboxylic acids is 1. The molecule has 2 atom stereocenters. The Morgan fingerprint density at radius 3 is 3.00 bits per heavy atom. The van der Waals surface area contributed by atoms with Crippen molar-refractivity contribution in [2.45, 2.75) is 31.8 Å². The van der Waals surface area contributed by atoms with Crippen molar-refractivity contribution in [2.75, 3.05) is 13.1 Å². The summed E-state index contributed by atoms with van der Waals surface area (Å²) in [5, 5.41) is 11.7. The number of hydrogen-bond donors (Lipinski definition) is 2. The van der Waals surface area contributed by atoms with Crippen LogP contribution in [-0.2, 0) is 9.59 Å². The van der Waals surface area contributed by atoms with Gasteiger partial charge in [-0.1, -0.05) is 6.08 Å². The number of carboxylic acids is 1. The van der Waals surface area contributed by atoms with Gasteiger partial charge in [0.1, 0.15) is 0 Å². The first-order valence-corrected chi connectivity index (χ1v) is 5.42. The van der Waals surface area contributed by atoms with Crippen molar-refractivity contribution in [1.29, 1.82) is 0 Å². The zero-order chi connectivity index (χ0) is 12.1. The minimum Gasteiger partial charge on any atom is -0.481 e. The molecule has 2 N–H and O–H groups in total. The van der Waals surface area contributed by atoms with Crippen LogP contribution in [0.2, 0.25) is 0 Å². The van der Waals surface area contributed by atoms with Crippen molar-refractivity contribution in [3.63, 3.8) is 0 Å². The summed E-state index contributed by atoms with van der Waals surface area (Å²) in [6, 6.07) is -0.487. The van der Waals surface area contributed by atoms with Crippen LogP contribution in [0.15, 0.2) is 12.7 Å². The van der Waals surface area contributed by atoms with Gasteiger partial charge in [0.15, 0.2) is 0 Å². The fourth-order valence-corrected chi connectivity index (χ4v) is 1.87. The van der Waals surface area contributed by atoms with Gasteiger partial charge in [0.05, 0.1) is 12.5 Å². The Bertz CT molecular complexity index is 291. The Morgan fingerprint density at radius 2 is 2.44 bits per heavy atom. The summed E-state index contributed by atoms with van der Waals surface area (Å²) in [5.41, 5.74) is 0. The molecule has 0 aromatic carbocycles. The van der Waals surface area contributed by atoms with E-state index in [0.717, 1.165) is 6.42 Å². The number of carboxylic acid groups (broad SMARTS) is 1. The summed E-state index contributed by atoms with van der Waals surface area (Å²) >= 11 is 0. The summed E-state index contributed by atoms with van der Waals surface area (Å²) < 4.78 is 0. The maximum Gasteiger partial charge on any atom is 0.305 e. The second kappa shape index (κ2) is 5.65. The number of hydrogen-bond acceptors (Lipinski definition) is 3. The molecule has 0 aromatic heterocycles. The van der Waals surface area contributed by atoms with Gasteiger partial charge in [-0.05, 0) is 19.9 Å². The molecule has 1 saturated heterocycles. The van der Waals surface area contributed by atoms with Crippen molar-refractivity contribution in [1.82, 2.24) is 10.2 Å². The second-order valence-corrected chi connectivity index (χ2v) is 4.02. The highest BCUT2D eigenvalue weighted by Crippen LogP contribution is 2.12. The van der Waals surface area contributed by atoms with Crippen LogP contribution in [0.5, 0.6) is 0 Å². The molecular formula is C11H18N2O3. The number of nitrogens with one attached hydrogen (secondary N) is 1. The highest BCUT2D eigenvalue weighted by Gasteiger charge is 2.31. The molecule has 1 rings (SSSR count). The Kier molecular flexibility index (Phi) is 4.49. The molecule has 1 heterocycles. The summed E-state index contributed by atoms with van der Waals surface area (Å²) in [6.45, 7) is 6.71. The largest absolute Gasteiger partial charge is 0.481 e. The molecule has 16 heavy (non-hydrogen) atoms. The Hall–Kier alpha value is -1.36. The quantitative estimate of drug-likeness (QED) is 0.673. The summed E-state index contributed by atoms with van der Waals surface area (Å²) in [5.74, 6) is -1.11.